The van der Waals surface area contributed by atoms with E-state index < -0.39 is 34.8 Å². The second-order valence-corrected chi connectivity index (χ2v) is 12.2. The third-order valence-corrected chi connectivity index (χ3v) is 8.13. The third kappa shape index (κ3) is 7.19. The van der Waals surface area contributed by atoms with Gasteiger partial charge >= 0.3 is 6.09 Å². The first-order chi connectivity index (χ1) is 19.4. The lowest BCUT2D eigenvalue weighted by Crippen LogP contribution is -2.58. The number of carbonyl (C=O) groups is 2. The first-order valence-electron chi connectivity index (χ1n) is 13.9. The highest BCUT2D eigenvalue weighted by atomic mass is 35.5. The van der Waals surface area contributed by atoms with Crippen molar-refractivity contribution < 1.29 is 32.6 Å². The van der Waals surface area contributed by atoms with E-state index in [0.717, 1.165) is 36.1 Å². The quantitative estimate of drug-likeness (QED) is 0.352. The molecule has 1 aliphatic heterocycles. The maximum Gasteiger partial charge on any atom is 0.410 e. The fourth-order valence-corrected chi connectivity index (χ4v) is 5.63. The van der Waals surface area contributed by atoms with E-state index in [1.807, 2.05) is 18.2 Å². The van der Waals surface area contributed by atoms with Crippen molar-refractivity contribution in [2.45, 2.75) is 70.2 Å². The molecule has 0 spiro atoms. The van der Waals surface area contributed by atoms with Gasteiger partial charge in [0.25, 0.3) is 0 Å². The van der Waals surface area contributed by atoms with E-state index in [-0.39, 0.29) is 38.0 Å². The van der Waals surface area contributed by atoms with Crippen molar-refractivity contribution in [1.82, 2.24) is 9.80 Å². The number of hydrogen-bond donors (Lipinski definition) is 0. The highest BCUT2D eigenvalue weighted by Gasteiger charge is 2.52. The molecule has 4 rings (SSSR count). The Balaban J connectivity index is 1.71. The highest BCUT2D eigenvalue weighted by molar-refractivity contribution is 6.31. The molecule has 1 aliphatic carbocycles. The van der Waals surface area contributed by atoms with Crippen molar-refractivity contribution in [1.29, 1.82) is 0 Å². The van der Waals surface area contributed by atoms with Crippen LogP contribution < -0.4 is 0 Å². The number of rotatable bonds is 9. The third-order valence-electron chi connectivity index (χ3n) is 7.76. The summed E-state index contributed by atoms with van der Waals surface area (Å²) in [5.41, 5.74) is 0.169. The summed E-state index contributed by atoms with van der Waals surface area (Å²) in [5, 5.41) is 0.544. The topological polar surface area (TPSA) is 68.3 Å². The molecule has 0 aromatic heterocycles. The lowest BCUT2D eigenvalue weighted by molar-refractivity contribution is -0.160. The van der Waals surface area contributed by atoms with Crippen LogP contribution in [0.5, 0.6) is 0 Å². The van der Waals surface area contributed by atoms with Gasteiger partial charge in [0.15, 0.2) is 11.6 Å². The van der Waals surface area contributed by atoms with E-state index in [2.05, 4.69) is 0 Å². The second-order valence-electron chi connectivity index (χ2n) is 11.8. The van der Waals surface area contributed by atoms with Gasteiger partial charge in [-0.25, -0.2) is 13.6 Å². The van der Waals surface area contributed by atoms with Gasteiger partial charge in [-0.1, -0.05) is 29.8 Å². The molecule has 1 saturated carbocycles. The van der Waals surface area contributed by atoms with Crippen LogP contribution in [0.2, 0.25) is 5.02 Å². The highest BCUT2D eigenvalue weighted by Crippen LogP contribution is 2.44. The lowest BCUT2D eigenvalue weighted by Gasteiger charge is -2.47. The number of ether oxygens (including phenoxy) is 3. The summed E-state index contributed by atoms with van der Waals surface area (Å²) in [6, 6.07) is 9.31. The molecule has 0 radical (unpaired) electrons. The van der Waals surface area contributed by atoms with E-state index in [0.29, 0.717) is 23.6 Å². The van der Waals surface area contributed by atoms with Gasteiger partial charge in [0, 0.05) is 44.9 Å². The van der Waals surface area contributed by atoms with Crippen LogP contribution in [0.4, 0.5) is 13.6 Å². The monoisotopic (exact) mass is 592 g/mol. The Morgan fingerprint density at radius 1 is 1.10 bits per heavy atom. The molecule has 224 valence electrons. The molecular formula is C31H39ClF2N2O5. The number of benzene rings is 2. The van der Waals surface area contributed by atoms with Gasteiger partial charge in [-0.15, -0.1) is 0 Å². The van der Waals surface area contributed by atoms with Crippen LogP contribution in [0.25, 0.3) is 0 Å². The summed E-state index contributed by atoms with van der Waals surface area (Å²) >= 11 is 6.59. The second kappa shape index (κ2) is 12.6. The molecule has 2 aromatic rings. The molecule has 2 aromatic carbocycles. The summed E-state index contributed by atoms with van der Waals surface area (Å²) in [6.07, 6.45) is 2.02. The molecule has 1 saturated heterocycles. The van der Waals surface area contributed by atoms with Crippen LogP contribution in [-0.4, -0.2) is 67.4 Å². The molecule has 41 heavy (non-hydrogen) atoms. The maximum absolute atomic E-state index is 14.5. The van der Waals surface area contributed by atoms with Gasteiger partial charge in [0.05, 0.1) is 12.5 Å². The average molecular weight is 593 g/mol. The van der Waals surface area contributed by atoms with Crippen molar-refractivity contribution in [2.75, 3.05) is 33.9 Å². The van der Waals surface area contributed by atoms with Crippen LogP contribution in [0.1, 0.15) is 56.7 Å². The van der Waals surface area contributed by atoms with Crippen molar-refractivity contribution in [2.24, 2.45) is 5.92 Å². The molecule has 0 bridgehead atoms. The number of halogens is 3. The zero-order chi connectivity index (χ0) is 29.9. The van der Waals surface area contributed by atoms with Crippen LogP contribution >= 0.6 is 11.6 Å². The normalized spacial score (nSPS) is 21.1. The Kier molecular flexibility index (Phi) is 9.61. The van der Waals surface area contributed by atoms with E-state index in [4.69, 9.17) is 25.8 Å². The van der Waals surface area contributed by atoms with Gasteiger partial charge in [-0.05, 0) is 81.3 Å². The van der Waals surface area contributed by atoms with Crippen LogP contribution in [0, 0.1) is 17.6 Å². The Bertz CT molecular complexity index is 1270. The Labute approximate surface area is 245 Å². The van der Waals surface area contributed by atoms with Crippen LogP contribution in [0.15, 0.2) is 36.4 Å². The molecule has 2 fully saturated rings. The fraction of sp³-hybridized carbons (Fsp3) is 0.548. The van der Waals surface area contributed by atoms with Crippen molar-refractivity contribution >= 4 is 23.6 Å². The predicted molar refractivity (Wildman–Crippen MR) is 152 cm³/mol. The van der Waals surface area contributed by atoms with E-state index in [9.17, 15) is 18.4 Å². The summed E-state index contributed by atoms with van der Waals surface area (Å²) in [7, 11) is 3.10. The SMILES string of the molecule is COCCc1ccc(Cl)c(CN(C(=O)[C@H]2CN(C(=O)OC(C)(C)C)CC[C@]2(OC)c2ccc(F)c(F)c2)C2CC2)c1. The van der Waals surface area contributed by atoms with Gasteiger partial charge in [0.2, 0.25) is 5.91 Å². The molecule has 10 heteroatoms. The Hall–Kier alpha value is -2.75. The van der Waals surface area contributed by atoms with Gasteiger partial charge in [0.1, 0.15) is 11.2 Å². The molecule has 7 nitrogen and oxygen atoms in total. The first-order valence-corrected chi connectivity index (χ1v) is 14.3. The minimum absolute atomic E-state index is 0.00221. The number of methoxy groups -OCH3 is 2. The lowest BCUT2D eigenvalue weighted by atomic mass is 9.74. The molecule has 1 heterocycles. The van der Waals surface area contributed by atoms with E-state index in [1.165, 1.54) is 18.1 Å². The van der Waals surface area contributed by atoms with Gasteiger partial charge < -0.3 is 24.0 Å². The van der Waals surface area contributed by atoms with E-state index in [1.54, 1.807) is 32.8 Å². The number of piperidine rings is 1. The standard InChI is InChI=1S/C31H39ClF2N2O5/c1-30(2,3)41-29(38)35-14-13-31(40-5,22-7-11-26(33)27(34)17-22)24(19-35)28(37)36(23-8-9-23)18-21-16-20(12-15-39-4)6-10-25(21)32/h6-7,10-11,16-17,23-24H,8-9,12-15,18-19H2,1-5H3/t24-,31+/m1/s1. The van der Waals surface area contributed by atoms with Gasteiger partial charge in [-0.2, -0.15) is 0 Å². The van der Waals surface area contributed by atoms with Crippen LogP contribution in [-0.2, 0) is 37.6 Å². The van der Waals surface area contributed by atoms with Crippen molar-refractivity contribution in [3.8, 4) is 0 Å². The van der Waals surface area contributed by atoms with E-state index >= 15 is 0 Å². The predicted octanol–water partition coefficient (Wildman–Crippen LogP) is 6.10. The summed E-state index contributed by atoms with van der Waals surface area (Å²) in [5.74, 6) is -3.17. The summed E-state index contributed by atoms with van der Waals surface area (Å²) in [4.78, 5) is 30.9. The first kappa shape index (κ1) is 31.2. The zero-order valence-electron chi connectivity index (χ0n) is 24.3. The Morgan fingerprint density at radius 3 is 2.44 bits per heavy atom. The number of likely N-dealkylation sites (tertiary alicyclic amines) is 1. The summed E-state index contributed by atoms with van der Waals surface area (Å²) < 4.78 is 45.3. The molecule has 0 N–H and O–H groups in total. The molecule has 0 unspecified atom stereocenters. The smallest absolute Gasteiger partial charge is 0.410 e. The number of hydrogen-bond acceptors (Lipinski definition) is 5. The van der Waals surface area contributed by atoms with Crippen LogP contribution in [0.3, 0.4) is 0 Å². The maximum atomic E-state index is 14.5. The zero-order valence-corrected chi connectivity index (χ0v) is 25.1. The average Bonchev–Trinajstić information content (AvgIpc) is 3.77. The minimum Gasteiger partial charge on any atom is -0.444 e. The molecule has 2 atom stereocenters. The number of amides is 2. The number of nitrogens with zero attached hydrogens (tertiary/aromatic N) is 2. The Morgan fingerprint density at radius 2 is 1.83 bits per heavy atom. The molecule has 2 amide bonds. The van der Waals surface area contributed by atoms with Crippen molar-refractivity contribution in [3.63, 3.8) is 0 Å². The number of carbonyl (C=O) groups excluding carboxylic acids is 2. The van der Waals surface area contributed by atoms with Crippen molar-refractivity contribution in [3.05, 3.63) is 69.7 Å². The molecule has 2 aliphatic rings. The fourth-order valence-electron chi connectivity index (χ4n) is 5.45. The molecular weight excluding hydrogens is 554 g/mol. The van der Waals surface area contributed by atoms with Gasteiger partial charge in [-0.3, -0.25) is 4.79 Å². The summed E-state index contributed by atoms with van der Waals surface area (Å²) in [6.45, 7) is 6.35. The largest absolute Gasteiger partial charge is 0.444 e. The minimum atomic E-state index is -1.29.